The molecule has 1 saturated heterocycles. The van der Waals surface area contributed by atoms with Crippen LogP contribution in [-0.4, -0.2) is 81.0 Å². The number of nitrogens with one attached hydrogen (secondary N) is 1. The molecule has 4 aromatic rings. The summed E-state index contributed by atoms with van der Waals surface area (Å²) in [5.41, 5.74) is 2.07. The van der Waals surface area contributed by atoms with Crippen molar-refractivity contribution in [1.29, 1.82) is 0 Å². The van der Waals surface area contributed by atoms with Gasteiger partial charge in [0, 0.05) is 49.7 Å². The largest absolute Gasteiger partial charge is 0.444 e. The highest BCUT2D eigenvalue weighted by molar-refractivity contribution is 6.15. The van der Waals surface area contributed by atoms with Crippen molar-refractivity contribution in [3.63, 3.8) is 0 Å². The van der Waals surface area contributed by atoms with E-state index >= 15 is 4.39 Å². The van der Waals surface area contributed by atoms with Gasteiger partial charge < -0.3 is 23.8 Å². The molecule has 0 saturated carbocycles. The molecule has 0 bridgehead atoms. The van der Waals surface area contributed by atoms with E-state index in [1.54, 1.807) is 62.8 Å². The van der Waals surface area contributed by atoms with Crippen LogP contribution in [0.15, 0.2) is 36.8 Å². The quantitative estimate of drug-likeness (QED) is 0.384. The lowest BCUT2D eigenvalue weighted by Crippen LogP contribution is -2.45. The first-order chi connectivity index (χ1) is 18.9. The molecule has 212 valence electrons. The lowest BCUT2D eigenvalue weighted by molar-refractivity contribution is 0.0183. The summed E-state index contributed by atoms with van der Waals surface area (Å²) < 4.78 is 37.0. The van der Waals surface area contributed by atoms with Gasteiger partial charge in [0.2, 0.25) is 0 Å². The number of pyridine rings is 1. The first-order valence-corrected chi connectivity index (χ1v) is 13.2. The van der Waals surface area contributed by atoms with E-state index in [2.05, 4.69) is 15.2 Å². The summed E-state index contributed by atoms with van der Waals surface area (Å²) in [6.07, 6.45) is 3.08. The number of rotatable bonds is 5. The van der Waals surface area contributed by atoms with Crippen LogP contribution in [0.3, 0.4) is 0 Å². The van der Waals surface area contributed by atoms with Gasteiger partial charge >= 0.3 is 6.09 Å². The summed E-state index contributed by atoms with van der Waals surface area (Å²) in [6.45, 7) is 9.47. The van der Waals surface area contributed by atoms with Crippen LogP contribution >= 0.6 is 0 Å². The van der Waals surface area contributed by atoms with Crippen molar-refractivity contribution in [2.24, 2.45) is 0 Å². The van der Waals surface area contributed by atoms with Gasteiger partial charge in [0.05, 0.1) is 41.2 Å². The number of hydrogen-bond acceptors (Lipinski definition) is 6. The number of halogens is 2. The number of aryl methyl sites for hydroxylation is 1. The maximum absolute atomic E-state index is 15.2. The minimum Gasteiger partial charge on any atom is -0.444 e. The zero-order chi connectivity index (χ0) is 28.9. The van der Waals surface area contributed by atoms with Crippen molar-refractivity contribution in [3.8, 4) is 0 Å². The highest BCUT2D eigenvalue weighted by Crippen LogP contribution is 2.34. The van der Waals surface area contributed by atoms with Crippen LogP contribution in [0.5, 0.6) is 0 Å². The Balaban J connectivity index is 1.43. The highest BCUT2D eigenvalue weighted by Gasteiger charge is 2.39. The predicted molar refractivity (Wildman–Crippen MR) is 148 cm³/mol. The molecule has 1 N–H and O–H groups in total. The van der Waals surface area contributed by atoms with Gasteiger partial charge in [-0.25, -0.2) is 18.6 Å². The van der Waals surface area contributed by atoms with Crippen molar-refractivity contribution in [1.82, 2.24) is 24.5 Å². The molecule has 10 nitrogen and oxygen atoms in total. The topological polar surface area (TPSA) is 99.1 Å². The molecule has 2 atom stereocenters. The third kappa shape index (κ3) is 4.93. The number of benzene rings is 1. The van der Waals surface area contributed by atoms with Crippen molar-refractivity contribution in [2.75, 3.05) is 36.5 Å². The number of nitrogens with zero attached hydrogens (tertiary/aromatic N) is 6. The van der Waals surface area contributed by atoms with Gasteiger partial charge in [-0.3, -0.25) is 9.89 Å². The maximum Gasteiger partial charge on any atom is 0.410 e. The smallest absolute Gasteiger partial charge is 0.410 e. The van der Waals surface area contributed by atoms with E-state index in [1.807, 2.05) is 11.8 Å². The molecular formula is C28H33F2N7O3. The van der Waals surface area contributed by atoms with Crippen LogP contribution in [0.1, 0.15) is 43.7 Å². The molecular weight excluding hydrogens is 520 g/mol. The molecule has 0 spiro atoms. The Morgan fingerprint density at radius 2 is 1.98 bits per heavy atom. The van der Waals surface area contributed by atoms with Gasteiger partial charge in [0.25, 0.3) is 5.91 Å². The van der Waals surface area contributed by atoms with Crippen LogP contribution in [0.25, 0.3) is 16.6 Å². The molecule has 2 amide bonds. The molecule has 3 aromatic heterocycles. The molecule has 0 unspecified atom stereocenters. The summed E-state index contributed by atoms with van der Waals surface area (Å²) in [6, 6.07) is 4.01. The number of likely N-dealkylation sites (N-methyl/N-ethyl adjacent to an activating group) is 1. The van der Waals surface area contributed by atoms with Crippen LogP contribution in [0, 0.1) is 12.7 Å². The van der Waals surface area contributed by atoms with E-state index in [0.29, 0.717) is 40.1 Å². The SMILES string of the molecule is CCN(C(=O)c1ccc(N2C[C@@H](F)[C@H](N(C)C(=O)OC(C)(C)C)C2)c2cn[nH]c12)c1cc(F)c2nc(C)cn2c1. The number of aromatic amines is 1. The van der Waals surface area contributed by atoms with E-state index < -0.39 is 29.7 Å². The van der Waals surface area contributed by atoms with Crippen molar-refractivity contribution in [3.05, 3.63) is 53.9 Å². The first-order valence-electron chi connectivity index (χ1n) is 13.2. The fourth-order valence-electron chi connectivity index (χ4n) is 5.15. The molecule has 4 heterocycles. The number of carbonyl (C=O) groups is 2. The highest BCUT2D eigenvalue weighted by atomic mass is 19.1. The molecule has 5 rings (SSSR count). The van der Waals surface area contributed by atoms with Gasteiger partial charge in [0.15, 0.2) is 11.5 Å². The minimum absolute atomic E-state index is 0.0656. The molecule has 1 fully saturated rings. The predicted octanol–water partition coefficient (Wildman–Crippen LogP) is 4.72. The van der Waals surface area contributed by atoms with Gasteiger partial charge in [0.1, 0.15) is 11.8 Å². The summed E-state index contributed by atoms with van der Waals surface area (Å²) in [5.74, 6) is -0.870. The average Bonchev–Trinajstić information content (AvgIpc) is 3.60. The van der Waals surface area contributed by atoms with Crippen molar-refractivity contribution >= 4 is 39.9 Å². The lowest BCUT2D eigenvalue weighted by Gasteiger charge is -2.29. The number of ether oxygens (including phenoxy) is 1. The normalized spacial score (nSPS) is 17.6. The Kier molecular flexibility index (Phi) is 6.89. The third-order valence-electron chi connectivity index (χ3n) is 7.05. The van der Waals surface area contributed by atoms with Crippen LogP contribution in [0.4, 0.5) is 25.0 Å². The zero-order valence-corrected chi connectivity index (χ0v) is 23.4. The minimum atomic E-state index is -1.30. The zero-order valence-electron chi connectivity index (χ0n) is 23.4. The Bertz CT molecular complexity index is 1590. The standard InChI is InChI=1S/C28H33F2N7O3/c1-7-37(17-10-20(29)25-32-16(2)12-36(25)13-17)26(38)18-8-9-22(19-11-31-33-24(18)19)35-14-21(30)23(15-35)34(6)27(39)40-28(3,4)5/h8-13,21,23H,7,14-15H2,1-6H3,(H,31,33)/t21-,23-/m1/s1. The summed E-state index contributed by atoms with van der Waals surface area (Å²) >= 11 is 0. The van der Waals surface area contributed by atoms with Crippen molar-refractivity contribution < 1.29 is 23.1 Å². The first kappa shape index (κ1) is 27.4. The fourth-order valence-corrected chi connectivity index (χ4v) is 5.15. The monoisotopic (exact) mass is 553 g/mol. The Morgan fingerprint density at radius 3 is 2.67 bits per heavy atom. The van der Waals surface area contributed by atoms with Crippen LogP contribution in [0.2, 0.25) is 0 Å². The van der Waals surface area contributed by atoms with Gasteiger partial charge in [-0.2, -0.15) is 5.10 Å². The molecule has 1 aromatic carbocycles. The number of fused-ring (bicyclic) bond motifs is 2. The fraction of sp³-hybridized carbons (Fsp3) is 0.429. The molecule has 1 aliphatic rings. The molecule has 1 aliphatic heterocycles. The molecule has 12 heteroatoms. The summed E-state index contributed by atoms with van der Waals surface area (Å²) in [7, 11) is 1.54. The van der Waals surface area contributed by atoms with E-state index in [1.165, 1.54) is 22.9 Å². The number of hydrogen-bond donors (Lipinski definition) is 1. The van der Waals surface area contributed by atoms with E-state index in [0.717, 1.165) is 0 Å². The Hall–Kier alpha value is -4.22. The third-order valence-corrected chi connectivity index (χ3v) is 7.05. The second kappa shape index (κ2) is 10.1. The van der Waals surface area contributed by atoms with Crippen LogP contribution in [-0.2, 0) is 4.74 Å². The Labute approximate surface area is 230 Å². The van der Waals surface area contributed by atoms with Crippen molar-refractivity contribution in [2.45, 2.75) is 52.4 Å². The molecule has 0 aliphatic carbocycles. The van der Waals surface area contributed by atoms with E-state index in [4.69, 9.17) is 4.74 Å². The number of H-pyrrole nitrogens is 1. The maximum atomic E-state index is 15.2. The summed E-state index contributed by atoms with van der Waals surface area (Å²) in [4.78, 5) is 35.1. The van der Waals surface area contributed by atoms with Gasteiger partial charge in [-0.15, -0.1) is 0 Å². The van der Waals surface area contributed by atoms with E-state index in [9.17, 15) is 14.0 Å². The second-order valence-electron chi connectivity index (χ2n) is 11.1. The van der Waals surface area contributed by atoms with E-state index in [-0.39, 0.29) is 24.6 Å². The molecule has 40 heavy (non-hydrogen) atoms. The van der Waals surface area contributed by atoms with Gasteiger partial charge in [-0.1, -0.05) is 0 Å². The Morgan fingerprint density at radius 1 is 1.23 bits per heavy atom. The number of aromatic nitrogens is 4. The number of imidazole rings is 1. The van der Waals surface area contributed by atoms with Gasteiger partial charge in [-0.05, 0) is 46.8 Å². The number of alkyl halides is 1. The number of amides is 2. The summed E-state index contributed by atoms with van der Waals surface area (Å²) in [5, 5.41) is 7.71. The van der Waals surface area contributed by atoms with Crippen LogP contribution < -0.4 is 9.80 Å². The molecule has 0 radical (unpaired) electrons. The second-order valence-corrected chi connectivity index (χ2v) is 11.1. The number of carbonyl (C=O) groups excluding carboxylic acids is 2. The lowest BCUT2D eigenvalue weighted by atomic mass is 10.1. The number of anilines is 2. The average molecular weight is 554 g/mol.